The van der Waals surface area contributed by atoms with Gasteiger partial charge in [0.05, 0.1) is 17.9 Å². The van der Waals surface area contributed by atoms with E-state index in [9.17, 15) is 19.7 Å². The number of carbonyl (C=O) groups is 2. The second-order valence-corrected chi connectivity index (χ2v) is 8.17. The molecule has 4 aromatic rings. The molecule has 0 saturated carbocycles. The zero-order valence-corrected chi connectivity index (χ0v) is 19.2. The van der Waals surface area contributed by atoms with Crippen molar-refractivity contribution in [3.05, 3.63) is 88.6 Å². The summed E-state index contributed by atoms with van der Waals surface area (Å²) in [4.78, 5) is 44.7. The van der Waals surface area contributed by atoms with Crippen molar-refractivity contribution >= 4 is 34.2 Å². The molecule has 2 aromatic heterocycles. The van der Waals surface area contributed by atoms with E-state index >= 15 is 0 Å². The monoisotopic (exact) mass is 471 g/mol. The Kier molecular flexibility index (Phi) is 7.15. The minimum absolute atomic E-state index is 0.0201. The maximum atomic E-state index is 12.7. The highest BCUT2D eigenvalue weighted by Gasteiger charge is 2.17. The topological polar surface area (TPSA) is 121 Å². The van der Waals surface area contributed by atoms with Crippen molar-refractivity contribution in [1.82, 2.24) is 14.9 Å². The molecule has 0 spiro atoms. The number of benzene rings is 2. The lowest BCUT2D eigenvalue weighted by Crippen LogP contribution is -2.39. The standard InChI is InChI=1S/C26H25N5O4/c1-2-12-30(25(33)13-18-6-4-3-5-7-18)17-24(32)28-21-10-8-19(9-11-21)23-15-20-14-22(31(34)35)16-27-26(20)29-23/h3-11,14-16H,2,12-13,17H2,1H3,(H,27,29)(H,28,32). The first-order valence-corrected chi connectivity index (χ1v) is 11.3. The summed E-state index contributed by atoms with van der Waals surface area (Å²) in [5.41, 5.74) is 3.60. The Morgan fingerprint density at radius 2 is 1.83 bits per heavy atom. The summed E-state index contributed by atoms with van der Waals surface area (Å²) in [5.74, 6) is -0.356. The Balaban J connectivity index is 1.40. The molecule has 178 valence electrons. The third-order valence-electron chi connectivity index (χ3n) is 5.53. The summed E-state index contributed by atoms with van der Waals surface area (Å²) in [6.45, 7) is 2.45. The number of fused-ring (bicyclic) bond motifs is 1. The van der Waals surface area contributed by atoms with Gasteiger partial charge in [-0.2, -0.15) is 0 Å². The quantitative estimate of drug-likeness (QED) is 0.274. The number of hydrogen-bond acceptors (Lipinski definition) is 5. The van der Waals surface area contributed by atoms with Crippen LogP contribution < -0.4 is 5.32 Å². The van der Waals surface area contributed by atoms with Crippen LogP contribution in [0.1, 0.15) is 18.9 Å². The van der Waals surface area contributed by atoms with Crippen molar-refractivity contribution in [3.63, 3.8) is 0 Å². The second-order valence-electron chi connectivity index (χ2n) is 8.17. The van der Waals surface area contributed by atoms with Crippen molar-refractivity contribution in [1.29, 1.82) is 0 Å². The highest BCUT2D eigenvalue weighted by Crippen LogP contribution is 2.26. The number of rotatable bonds is 9. The summed E-state index contributed by atoms with van der Waals surface area (Å²) in [5, 5.41) is 14.5. The minimum atomic E-state index is -0.479. The summed E-state index contributed by atoms with van der Waals surface area (Å²) in [7, 11) is 0. The van der Waals surface area contributed by atoms with Gasteiger partial charge in [0, 0.05) is 29.4 Å². The SMILES string of the molecule is CCCN(CC(=O)Nc1ccc(-c2cc3cc([N+](=O)[O-])cnc3[nH]2)cc1)C(=O)Cc1ccccc1. The number of amides is 2. The number of pyridine rings is 1. The van der Waals surface area contributed by atoms with Gasteiger partial charge in [0.2, 0.25) is 11.8 Å². The maximum absolute atomic E-state index is 12.7. The van der Waals surface area contributed by atoms with Crippen molar-refractivity contribution < 1.29 is 14.5 Å². The van der Waals surface area contributed by atoms with E-state index in [4.69, 9.17) is 0 Å². The Hall–Kier alpha value is -4.53. The van der Waals surface area contributed by atoms with Gasteiger partial charge in [-0.3, -0.25) is 19.7 Å². The number of carbonyl (C=O) groups excluding carboxylic acids is 2. The average molecular weight is 472 g/mol. The van der Waals surface area contributed by atoms with Crippen LogP contribution in [0.15, 0.2) is 72.9 Å². The normalized spacial score (nSPS) is 10.8. The number of hydrogen-bond donors (Lipinski definition) is 2. The lowest BCUT2D eigenvalue weighted by atomic mass is 10.1. The molecule has 0 fully saturated rings. The molecule has 9 heteroatoms. The van der Waals surface area contributed by atoms with E-state index in [1.54, 1.807) is 23.1 Å². The molecular formula is C26H25N5O4. The van der Waals surface area contributed by atoms with Gasteiger partial charge in [0.1, 0.15) is 11.8 Å². The lowest BCUT2D eigenvalue weighted by Gasteiger charge is -2.21. The van der Waals surface area contributed by atoms with E-state index in [2.05, 4.69) is 15.3 Å². The van der Waals surface area contributed by atoms with E-state index < -0.39 is 4.92 Å². The molecule has 2 N–H and O–H groups in total. The third-order valence-corrected chi connectivity index (χ3v) is 5.53. The molecule has 0 atom stereocenters. The Labute approximate surface area is 201 Å². The van der Waals surface area contributed by atoms with Crippen LogP contribution in [0.4, 0.5) is 11.4 Å². The number of H-pyrrole nitrogens is 1. The predicted octanol–water partition coefficient (Wildman–Crippen LogP) is 4.56. The fourth-order valence-corrected chi connectivity index (χ4v) is 3.81. The van der Waals surface area contributed by atoms with Crippen molar-refractivity contribution in [2.45, 2.75) is 19.8 Å². The van der Waals surface area contributed by atoms with Crippen LogP contribution in [0.2, 0.25) is 0 Å². The highest BCUT2D eigenvalue weighted by molar-refractivity contribution is 5.95. The second kappa shape index (κ2) is 10.6. The number of nitrogens with one attached hydrogen (secondary N) is 2. The van der Waals surface area contributed by atoms with Crippen LogP contribution in [0.25, 0.3) is 22.3 Å². The molecular weight excluding hydrogens is 446 g/mol. The van der Waals surface area contributed by atoms with E-state index in [-0.39, 0.29) is 30.5 Å². The first-order valence-electron chi connectivity index (χ1n) is 11.3. The van der Waals surface area contributed by atoms with E-state index in [1.165, 1.54) is 12.3 Å². The van der Waals surface area contributed by atoms with Crippen LogP contribution in [-0.4, -0.2) is 44.7 Å². The van der Waals surface area contributed by atoms with Crippen LogP contribution in [0, 0.1) is 10.1 Å². The Bertz CT molecular complexity index is 1350. The Morgan fingerprint density at radius 3 is 2.51 bits per heavy atom. The van der Waals surface area contributed by atoms with Gasteiger partial charge in [0.25, 0.3) is 5.69 Å². The van der Waals surface area contributed by atoms with Crippen molar-refractivity contribution in [2.24, 2.45) is 0 Å². The minimum Gasteiger partial charge on any atom is -0.339 e. The molecule has 9 nitrogen and oxygen atoms in total. The molecule has 0 aliphatic heterocycles. The maximum Gasteiger partial charge on any atom is 0.288 e. The molecule has 0 aliphatic rings. The lowest BCUT2D eigenvalue weighted by molar-refractivity contribution is -0.385. The fourth-order valence-electron chi connectivity index (χ4n) is 3.81. The van der Waals surface area contributed by atoms with Crippen molar-refractivity contribution in [2.75, 3.05) is 18.4 Å². The molecule has 0 radical (unpaired) electrons. The third kappa shape index (κ3) is 5.89. The van der Waals surface area contributed by atoms with Gasteiger partial charge in [-0.15, -0.1) is 0 Å². The number of aromatic nitrogens is 2. The molecule has 0 bridgehead atoms. The molecule has 0 unspecified atom stereocenters. The van der Waals surface area contributed by atoms with Crippen LogP contribution >= 0.6 is 0 Å². The zero-order chi connectivity index (χ0) is 24.8. The van der Waals surface area contributed by atoms with E-state index in [0.717, 1.165) is 23.2 Å². The van der Waals surface area contributed by atoms with Gasteiger partial charge in [-0.25, -0.2) is 4.98 Å². The number of aromatic amines is 1. The summed E-state index contributed by atoms with van der Waals surface area (Å²) in [6, 6.07) is 19.9. The number of anilines is 1. The molecule has 4 rings (SSSR count). The first kappa shape index (κ1) is 23.6. The molecule has 2 aromatic carbocycles. The van der Waals surface area contributed by atoms with E-state index in [1.807, 2.05) is 49.4 Å². The van der Waals surface area contributed by atoms with Crippen LogP contribution in [-0.2, 0) is 16.0 Å². The molecule has 0 saturated heterocycles. The number of nitro groups is 1. The van der Waals surface area contributed by atoms with Gasteiger partial charge in [-0.05, 0) is 35.7 Å². The molecule has 2 amide bonds. The zero-order valence-electron chi connectivity index (χ0n) is 19.2. The first-order chi connectivity index (χ1) is 16.9. The highest BCUT2D eigenvalue weighted by atomic mass is 16.6. The van der Waals surface area contributed by atoms with Crippen LogP contribution in [0.3, 0.4) is 0 Å². The largest absolute Gasteiger partial charge is 0.339 e. The van der Waals surface area contributed by atoms with Gasteiger partial charge in [-0.1, -0.05) is 49.4 Å². The smallest absolute Gasteiger partial charge is 0.288 e. The summed E-state index contributed by atoms with van der Waals surface area (Å²) in [6.07, 6.45) is 2.23. The Morgan fingerprint density at radius 1 is 1.09 bits per heavy atom. The molecule has 35 heavy (non-hydrogen) atoms. The predicted molar refractivity (Wildman–Crippen MR) is 134 cm³/mol. The van der Waals surface area contributed by atoms with Gasteiger partial charge in [0.15, 0.2) is 0 Å². The van der Waals surface area contributed by atoms with Gasteiger partial charge < -0.3 is 15.2 Å². The van der Waals surface area contributed by atoms with Crippen molar-refractivity contribution in [3.8, 4) is 11.3 Å². The number of nitrogens with zero attached hydrogens (tertiary/aromatic N) is 3. The average Bonchev–Trinajstić information content (AvgIpc) is 3.28. The fraction of sp³-hybridized carbons (Fsp3) is 0.192. The van der Waals surface area contributed by atoms with Gasteiger partial charge >= 0.3 is 0 Å². The van der Waals surface area contributed by atoms with Crippen LogP contribution in [0.5, 0.6) is 0 Å². The molecule has 2 heterocycles. The molecule has 0 aliphatic carbocycles. The summed E-state index contributed by atoms with van der Waals surface area (Å²) < 4.78 is 0. The van der Waals surface area contributed by atoms with E-state index in [0.29, 0.717) is 23.3 Å². The summed E-state index contributed by atoms with van der Waals surface area (Å²) >= 11 is 0.